The first-order valence-electron chi connectivity index (χ1n) is 7.43. The lowest BCUT2D eigenvalue weighted by Gasteiger charge is -2.29. The highest BCUT2D eigenvalue weighted by Gasteiger charge is 2.50. The first-order chi connectivity index (χ1) is 9.80. The molecule has 0 spiro atoms. The summed E-state index contributed by atoms with van der Waals surface area (Å²) in [7, 11) is 0. The van der Waals surface area contributed by atoms with Crippen molar-refractivity contribution in [2.75, 3.05) is 6.54 Å². The molecule has 4 heteroatoms. The number of carbonyl (C=O) groups is 2. The molecule has 1 fully saturated rings. The number of carbonyl (C=O) groups excluding carboxylic acids is 2. The number of hydrogen-bond acceptors (Lipinski definition) is 3. The molecule has 2 atom stereocenters. The maximum atomic E-state index is 12.7. The number of rotatable bonds is 5. The summed E-state index contributed by atoms with van der Waals surface area (Å²) in [5.74, 6) is -0.419. The minimum absolute atomic E-state index is 0.0704. The second-order valence-electron chi connectivity index (χ2n) is 6.41. The zero-order valence-electron chi connectivity index (χ0n) is 12.9. The summed E-state index contributed by atoms with van der Waals surface area (Å²) >= 11 is 0. The number of benzene rings is 1. The molecule has 0 bridgehead atoms. The predicted octanol–water partition coefficient (Wildman–Crippen LogP) is 2.25. The molecule has 1 aliphatic heterocycles. The summed E-state index contributed by atoms with van der Waals surface area (Å²) in [6, 6.07) is 9.37. The Morgan fingerprint density at radius 1 is 1.29 bits per heavy atom. The molecule has 1 aromatic rings. The lowest BCUT2D eigenvalue weighted by Crippen LogP contribution is -2.45. The van der Waals surface area contributed by atoms with Gasteiger partial charge in [-0.25, -0.2) is 0 Å². The standard InChI is InChI=1S/C17H23NO3/c1-4-10-16(2,21)12-18-14(19)11-17(3,15(18)20)13-8-6-5-7-9-13/h5-9,21H,4,10-12H2,1-3H3. The van der Waals surface area contributed by atoms with E-state index >= 15 is 0 Å². The van der Waals surface area contributed by atoms with Crippen LogP contribution in [0.15, 0.2) is 30.3 Å². The van der Waals surface area contributed by atoms with Gasteiger partial charge in [0.05, 0.1) is 17.6 Å². The van der Waals surface area contributed by atoms with Crippen molar-refractivity contribution in [3.63, 3.8) is 0 Å². The molecule has 21 heavy (non-hydrogen) atoms. The third-order valence-corrected chi connectivity index (χ3v) is 4.22. The largest absolute Gasteiger partial charge is 0.388 e. The second-order valence-corrected chi connectivity index (χ2v) is 6.41. The highest BCUT2D eigenvalue weighted by Crippen LogP contribution is 2.37. The number of hydrogen-bond donors (Lipinski definition) is 1. The van der Waals surface area contributed by atoms with E-state index in [0.29, 0.717) is 6.42 Å². The van der Waals surface area contributed by atoms with Crippen molar-refractivity contribution in [3.05, 3.63) is 35.9 Å². The zero-order chi connectivity index (χ0) is 15.7. The molecule has 0 aliphatic carbocycles. The smallest absolute Gasteiger partial charge is 0.240 e. The minimum atomic E-state index is -1.03. The fourth-order valence-corrected chi connectivity index (χ4v) is 3.03. The van der Waals surface area contributed by atoms with E-state index in [4.69, 9.17) is 0 Å². The van der Waals surface area contributed by atoms with E-state index in [1.54, 1.807) is 13.8 Å². The van der Waals surface area contributed by atoms with Crippen molar-refractivity contribution in [1.29, 1.82) is 0 Å². The zero-order valence-corrected chi connectivity index (χ0v) is 12.9. The molecule has 1 aromatic carbocycles. The summed E-state index contributed by atoms with van der Waals surface area (Å²) in [5, 5.41) is 10.3. The Hall–Kier alpha value is -1.68. The first kappa shape index (κ1) is 15.7. The van der Waals surface area contributed by atoms with Crippen molar-refractivity contribution in [3.8, 4) is 0 Å². The van der Waals surface area contributed by atoms with Crippen LogP contribution in [0.4, 0.5) is 0 Å². The third-order valence-electron chi connectivity index (χ3n) is 4.22. The van der Waals surface area contributed by atoms with Gasteiger partial charge in [-0.05, 0) is 25.8 Å². The molecule has 2 unspecified atom stereocenters. The van der Waals surface area contributed by atoms with Gasteiger partial charge in [-0.2, -0.15) is 0 Å². The minimum Gasteiger partial charge on any atom is -0.388 e. The highest BCUT2D eigenvalue weighted by atomic mass is 16.3. The van der Waals surface area contributed by atoms with Crippen molar-refractivity contribution >= 4 is 11.8 Å². The van der Waals surface area contributed by atoms with Gasteiger partial charge in [0.1, 0.15) is 0 Å². The van der Waals surface area contributed by atoms with E-state index in [9.17, 15) is 14.7 Å². The average molecular weight is 289 g/mol. The molecule has 1 aliphatic rings. The maximum Gasteiger partial charge on any atom is 0.240 e. The second kappa shape index (κ2) is 5.60. The molecule has 2 amide bonds. The number of likely N-dealkylation sites (tertiary alicyclic amines) is 1. The van der Waals surface area contributed by atoms with E-state index in [-0.39, 0.29) is 24.8 Å². The molecule has 1 saturated heterocycles. The van der Waals surface area contributed by atoms with Crippen LogP contribution in [-0.2, 0) is 15.0 Å². The number of nitrogens with zero attached hydrogens (tertiary/aromatic N) is 1. The van der Waals surface area contributed by atoms with E-state index in [1.165, 1.54) is 4.90 Å². The van der Waals surface area contributed by atoms with Crippen LogP contribution in [0.2, 0.25) is 0 Å². The van der Waals surface area contributed by atoms with Crippen LogP contribution in [0.25, 0.3) is 0 Å². The van der Waals surface area contributed by atoms with Crippen LogP contribution in [-0.4, -0.2) is 34.0 Å². The topological polar surface area (TPSA) is 57.6 Å². The molecule has 114 valence electrons. The molecule has 1 N–H and O–H groups in total. The molecule has 1 heterocycles. The Morgan fingerprint density at radius 2 is 1.90 bits per heavy atom. The van der Waals surface area contributed by atoms with Crippen molar-refractivity contribution in [1.82, 2.24) is 4.90 Å². The van der Waals surface area contributed by atoms with Crippen molar-refractivity contribution in [2.24, 2.45) is 0 Å². The Kier molecular flexibility index (Phi) is 4.19. The SMILES string of the molecule is CCCC(C)(O)CN1C(=O)CC(C)(c2ccccc2)C1=O. The Balaban J connectivity index is 2.25. The van der Waals surface area contributed by atoms with Crippen LogP contribution in [0, 0.1) is 0 Å². The van der Waals surface area contributed by atoms with Crippen LogP contribution in [0.1, 0.15) is 45.6 Å². The maximum absolute atomic E-state index is 12.7. The monoisotopic (exact) mass is 289 g/mol. The van der Waals surface area contributed by atoms with E-state index in [0.717, 1.165) is 12.0 Å². The van der Waals surface area contributed by atoms with Crippen LogP contribution >= 0.6 is 0 Å². The van der Waals surface area contributed by atoms with Gasteiger partial charge in [-0.3, -0.25) is 14.5 Å². The van der Waals surface area contributed by atoms with Gasteiger partial charge in [0.15, 0.2) is 0 Å². The fraction of sp³-hybridized carbons (Fsp3) is 0.529. The summed E-state index contributed by atoms with van der Waals surface area (Å²) < 4.78 is 0. The molecule has 2 rings (SSSR count). The van der Waals surface area contributed by atoms with Gasteiger partial charge in [-0.1, -0.05) is 43.7 Å². The lowest BCUT2D eigenvalue weighted by molar-refractivity contribution is -0.143. The van der Waals surface area contributed by atoms with Crippen molar-refractivity contribution < 1.29 is 14.7 Å². The first-order valence-corrected chi connectivity index (χ1v) is 7.43. The summed E-state index contributed by atoms with van der Waals surface area (Å²) in [6.07, 6.45) is 1.53. The van der Waals surface area contributed by atoms with Gasteiger partial charge in [0.25, 0.3) is 0 Å². The predicted molar refractivity (Wildman–Crippen MR) is 80.7 cm³/mol. The lowest BCUT2D eigenvalue weighted by atomic mass is 9.81. The van der Waals surface area contributed by atoms with Crippen LogP contribution < -0.4 is 0 Å². The Bertz CT molecular complexity index is 538. The van der Waals surface area contributed by atoms with Gasteiger partial charge >= 0.3 is 0 Å². The molecular weight excluding hydrogens is 266 g/mol. The molecule has 0 saturated carbocycles. The average Bonchev–Trinajstić information content (AvgIpc) is 2.64. The summed E-state index contributed by atoms with van der Waals surface area (Å²) in [4.78, 5) is 26.2. The Morgan fingerprint density at radius 3 is 2.48 bits per heavy atom. The number of imide groups is 1. The van der Waals surface area contributed by atoms with E-state index in [1.807, 2.05) is 37.3 Å². The molecular formula is C17H23NO3. The van der Waals surface area contributed by atoms with Gasteiger partial charge < -0.3 is 5.11 Å². The normalized spacial score (nSPS) is 25.2. The van der Waals surface area contributed by atoms with Gasteiger partial charge in [0.2, 0.25) is 11.8 Å². The highest BCUT2D eigenvalue weighted by molar-refractivity contribution is 6.08. The summed E-state index contributed by atoms with van der Waals surface area (Å²) in [6.45, 7) is 5.52. The van der Waals surface area contributed by atoms with Crippen molar-refractivity contribution in [2.45, 2.75) is 51.0 Å². The van der Waals surface area contributed by atoms with Gasteiger partial charge in [0, 0.05) is 6.42 Å². The quantitative estimate of drug-likeness (QED) is 0.846. The van der Waals surface area contributed by atoms with E-state index in [2.05, 4.69) is 0 Å². The fourth-order valence-electron chi connectivity index (χ4n) is 3.03. The van der Waals surface area contributed by atoms with Gasteiger partial charge in [-0.15, -0.1) is 0 Å². The third kappa shape index (κ3) is 3.00. The Labute approximate surface area is 125 Å². The number of aliphatic hydroxyl groups is 1. The van der Waals surface area contributed by atoms with Crippen LogP contribution in [0.3, 0.4) is 0 Å². The van der Waals surface area contributed by atoms with Crippen LogP contribution in [0.5, 0.6) is 0 Å². The molecule has 0 radical (unpaired) electrons. The van der Waals surface area contributed by atoms with E-state index < -0.39 is 11.0 Å². The molecule has 4 nitrogen and oxygen atoms in total. The molecule has 0 aromatic heterocycles. The summed E-state index contributed by atoms with van der Waals surface area (Å²) in [5.41, 5.74) is -0.996. The number of β-amino-alcohol motifs (C(OH)–C–C–N with tert-alkyl or cyclic N) is 1. The number of amides is 2.